The molecule has 112 valence electrons. The Morgan fingerprint density at radius 3 is 2.15 bits per heavy atom. The van der Waals surface area contributed by atoms with E-state index in [4.69, 9.17) is 11.6 Å². The minimum atomic E-state index is -0.0738. The van der Waals surface area contributed by atoms with Gasteiger partial charge < -0.3 is 10.6 Å². The summed E-state index contributed by atoms with van der Waals surface area (Å²) in [4.78, 5) is 11.9. The second-order valence-electron chi connectivity index (χ2n) is 7.03. The second kappa shape index (κ2) is 6.59. The van der Waals surface area contributed by atoms with Crippen LogP contribution in [0.1, 0.15) is 41.0 Å². The number of anilines is 1. The lowest BCUT2D eigenvalue weighted by molar-refractivity contribution is -0.115. The molecule has 0 aromatic heterocycles. The van der Waals surface area contributed by atoms with Gasteiger partial charge in [-0.05, 0) is 49.9 Å². The third-order valence-electron chi connectivity index (χ3n) is 2.83. The number of benzene rings is 1. The first-order valence-electron chi connectivity index (χ1n) is 6.88. The van der Waals surface area contributed by atoms with Gasteiger partial charge in [0.15, 0.2) is 0 Å². The Morgan fingerprint density at radius 1 is 1.10 bits per heavy atom. The predicted molar refractivity (Wildman–Crippen MR) is 86.2 cm³/mol. The highest BCUT2D eigenvalue weighted by molar-refractivity contribution is 6.30. The summed E-state index contributed by atoms with van der Waals surface area (Å²) < 4.78 is 0. The van der Waals surface area contributed by atoms with Crippen LogP contribution < -0.4 is 10.6 Å². The van der Waals surface area contributed by atoms with Gasteiger partial charge in [0.1, 0.15) is 0 Å². The summed E-state index contributed by atoms with van der Waals surface area (Å²) >= 11 is 5.81. The normalized spacial score (nSPS) is 12.3. The third-order valence-corrected chi connectivity index (χ3v) is 3.08. The maximum absolute atomic E-state index is 11.9. The van der Waals surface area contributed by atoms with Crippen molar-refractivity contribution in [3.8, 4) is 0 Å². The first-order valence-corrected chi connectivity index (χ1v) is 7.26. The van der Waals surface area contributed by atoms with Crippen molar-refractivity contribution in [2.24, 2.45) is 5.41 Å². The van der Waals surface area contributed by atoms with Crippen LogP contribution >= 0.6 is 11.6 Å². The van der Waals surface area contributed by atoms with E-state index < -0.39 is 0 Å². The van der Waals surface area contributed by atoms with Crippen molar-refractivity contribution < 1.29 is 4.79 Å². The largest absolute Gasteiger partial charge is 0.325 e. The van der Waals surface area contributed by atoms with Crippen molar-refractivity contribution >= 4 is 23.2 Å². The van der Waals surface area contributed by atoms with Gasteiger partial charge in [-0.2, -0.15) is 0 Å². The number of carbonyl (C=O) groups excluding carboxylic acids is 1. The van der Waals surface area contributed by atoms with Crippen LogP contribution in [-0.2, 0) is 4.79 Å². The Morgan fingerprint density at radius 2 is 1.65 bits per heavy atom. The number of amides is 1. The molecule has 0 saturated carbocycles. The molecule has 0 saturated heterocycles. The molecule has 0 unspecified atom stereocenters. The molecule has 0 bridgehead atoms. The van der Waals surface area contributed by atoms with Crippen LogP contribution in [0, 0.1) is 5.41 Å². The number of hydrogen-bond donors (Lipinski definition) is 2. The fraction of sp³-hybridized carbons (Fsp3) is 0.562. The summed E-state index contributed by atoms with van der Waals surface area (Å²) in [5.41, 5.74) is 0.911. The molecule has 2 N–H and O–H groups in total. The first-order chi connectivity index (χ1) is 9.07. The SMILES string of the molecule is CC(C)(C)CC(C)(C)NCC(=O)Nc1ccc(Cl)cc1. The van der Waals surface area contributed by atoms with Crippen molar-refractivity contribution in [3.05, 3.63) is 29.3 Å². The van der Waals surface area contributed by atoms with E-state index in [2.05, 4.69) is 45.3 Å². The highest BCUT2D eigenvalue weighted by Gasteiger charge is 2.25. The van der Waals surface area contributed by atoms with Crippen LogP contribution in [0.2, 0.25) is 5.02 Å². The van der Waals surface area contributed by atoms with Crippen LogP contribution in [0.4, 0.5) is 5.69 Å². The van der Waals surface area contributed by atoms with Crippen LogP contribution in [0.15, 0.2) is 24.3 Å². The van der Waals surface area contributed by atoms with Crippen molar-refractivity contribution in [2.75, 3.05) is 11.9 Å². The molecule has 4 heteroatoms. The Kier molecular flexibility index (Phi) is 5.60. The minimum Gasteiger partial charge on any atom is -0.325 e. The number of rotatable bonds is 5. The lowest BCUT2D eigenvalue weighted by atomic mass is 9.82. The molecule has 1 aromatic carbocycles. The summed E-state index contributed by atoms with van der Waals surface area (Å²) in [7, 11) is 0. The van der Waals surface area contributed by atoms with Gasteiger partial charge in [-0.3, -0.25) is 4.79 Å². The van der Waals surface area contributed by atoms with E-state index in [0.717, 1.165) is 12.1 Å². The topological polar surface area (TPSA) is 41.1 Å². The van der Waals surface area contributed by atoms with E-state index in [0.29, 0.717) is 11.6 Å². The first kappa shape index (κ1) is 17.0. The summed E-state index contributed by atoms with van der Waals surface area (Å²) in [5, 5.41) is 6.81. The van der Waals surface area contributed by atoms with Crippen molar-refractivity contribution in [2.45, 2.75) is 46.6 Å². The van der Waals surface area contributed by atoms with E-state index in [1.807, 2.05) is 0 Å². The third kappa shape index (κ3) is 6.92. The lowest BCUT2D eigenvalue weighted by Crippen LogP contribution is -2.45. The van der Waals surface area contributed by atoms with Crippen LogP contribution in [0.3, 0.4) is 0 Å². The summed E-state index contributed by atoms with van der Waals surface area (Å²) in [6.45, 7) is 11.1. The standard InChI is InChI=1S/C16H25ClN2O/c1-15(2,3)11-16(4,5)18-10-14(20)19-13-8-6-12(17)7-9-13/h6-9,18H,10-11H2,1-5H3,(H,19,20). The monoisotopic (exact) mass is 296 g/mol. The highest BCUT2D eigenvalue weighted by Crippen LogP contribution is 2.26. The Balaban J connectivity index is 2.45. The van der Waals surface area contributed by atoms with Crippen LogP contribution in [-0.4, -0.2) is 18.0 Å². The Labute approximate surface area is 127 Å². The highest BCUT2D eigenvalue weighted by atomic mass is 35.5. The van der Waals surface area contributed by atoms with Gasteiger partial charge in [0.05, 0.1) is 6.54 Å². The quantitative estimate of drug-likeness (QED) is 0.859. The molecule has 0 aliphatic heterocycles. The van der Waals surface area contributed by atoms with E-state index in [1.165, 1.54) is 0 Å². The van der Waals surface area contributed by atoms with Gasteiger partial charge in [-0.1, -0.05) is 32.4 Å². The molecule has 0 aliphatic rings. The van der Waals surface area contributed by atoms with Crippen LogP contribution in [0.5, 0.6) is 0 Å². The molecule has 3 nitrogen and oxygen atoms in total. The van der Waals surface area contributed by atoms with E-state index in [1.54, 1.807) is 24.3 Å². The van der Waals surface area contributed by atoms with Crippen molar-refractivity contribution in [1.82, 2.24) is 5.32 Å². The average molecular weight is 297 g/mol. The molecule has 0 atom stereocenters. The fourth-order valence-corrected chi connectivity index (χ4v) is 2.57. The van der Waals surface area contributed by atoms with E-state index >= 15 is 0 Å². The Hall–Kier alpha value is -1.06. The zero-order valence-corrected chi connectivity index (χ0v) is 13.8. The Bertz CT molecular complexity index is 447. The number of nitrogens with one attached hydrogen (secondary N) is 2. The number of hydrogen-bond acceptors (Lipinski definition) is 2. The molecular weight excluding hydrogens is 272 g/mol. The van der Waals surface area contributed by atoms with Gasteiger partial charge in [-0.25, -0.2) is 0 Å². The molecule has 20 heavy (non-hydrogen) atoms. The van der Waals surface area contributed by atoms with Gasteiger partial charge in [0, 0.05) is 16.2 Å². The summed E-state index contributed by atoms with van der Waals surface area (Å²) in [6.07, 6.45) is 0.994. The van der Waals surface area contributed by atoms with Gasteiger partial charge in [0.25, 0.3) is 0 Å². The second-order valence-corrected chi connectivity index (χ2v) is 7.47. The molecule has 0 spiro atoms. The van der Waals surface area contributed by atoms with Crippen molar-refractivity contribution in [3.63, 3.8) is 0 Å². The van der Waals surface area contributed by atoms with Gasteiger partial charge >= 0.3 is 0 Å². The summed E-state index contributed by atoms with van der Waals surface area (Å²) in [6, 6.07) is 7.10. The number of carbonyl (C=O) groups is 1. The predicted octanol–water partition coefficient (Wildman–Crippen LogP) is 4.08. The molecule has 1 rings (SSSR count). The van der Waals surface area contributed by atoms with Gasteiger partial charge in [-0.15, -0.1) is 0 Å². The van der Waals surface area contributed by atoms with E-state index in [9.17, 15) is 4.79 Å². The van der Waals surface area contributed by atoms with Gasteiger partial charge in [0.2, 0.25) is 5.91 Å². The van der Waals surface area contributed by atoms with Crippen molar-refractivity contribution in [1.29, 1.82) is 0 Å². The zero-order valence-electron chi connectivity index (χ0n) is 13.0. The maximum atomic E-state index is 11.9. The minimum absolute atomic E-state index is 0.0469. The van der Waals surface area contributed by atoms with E-state index in [-0.39, 0.29) is 16.9 Å². The average Bonchev–Trinajstić information content (AvgIpc) is 2.27. The summed E-state index contributed by atoms with van der Waals surface area (Å²) in [5.74, 6) is -0.0469. The molecular formula is C16H25ClN2O. The number of halogens is 1. The van der Waals surface area contributed by atoms with Crippen LogP contribution in [0.25, 0.3) is 0 Å². The zero-order chi connectivity index (χ0) is 15.4. The lowest BCUT2D eigenvalue weighted by Gasteiger charge is -2.33. The maximum Gasteiger partial charge on any atom is 0.238 e. The molecule has 0 fully saturated rings. The smallest absolute Gasteiger partial charge is 0.238 e. The molecule has 1 amide bonds. The molecule has 0 radical (unpaired) electrons. The molecule has 1 aromatic rings. The molecule has 0 heterocycles. The fourth-order valence-electron chi connectivity index (χ4n) is 2.45. The molecule has 0 aliphatic carbocycles.